The van der Waals surface area contributed by atoms with E-state index in [1.807, 2.05) is 4.90 Å². The number of fused-ring (bicyclic) bond motifs is 1. The maximum Gasteiger partial charge on any atom is 0.222 e. The van der Waals surface area contributed by atoms with Gasteiger partial charge in [-0.2, -0.15) is 0 Å². The fraction of sp³-hybridized carbons (Fsp3) is 0.440. The first kappa shape index (κ1) is 21.2. The van der Waals surface area contributed by atoms with Crippen LogP contribution in [-0.2, 0) is 17.8 Å². The number of para-hydroxylation sites is 1. The van der Waals surface area contributed by atoms with Crippen molar-refractivity contribution in [2.45, 2.75) is 38.3 Å². The summed E-state index contributed by atoms with van der Waals surface area (Å²) in [6.45, 7) is 4.33. The summed E-state index contributed by atoms with van der Waals surface area (Å²) in [5.74, 6) is 1.06. The van der Waals surface area contributed by atoms with Gasteiger partial charge in [-0.1, -0.05) is 42.5 Å². The van der Waals surface area contributed by atoms with Crippen molar-refractivity contribution in [3.8, 4) is 0 Å². The summed E-state index contributed by atoms with van der Waals surface area (Å²) < 4.78 is 0. The standard InChI is InChI=1S/C25H33N5O/c1-26-25(28-22-14-17-29(19-22)23-10-3-2-4-11-23)27-15-7-12-24(31)30-16-13-20-8-5-6-9-21(20)18-30/h2-6,8-11,22H,7,12-19H2,1H3,(H2,26,27,28). The molecule has 1 fully saturated rings. The van der Waals surface area contributed by atoms with Crippen molar-refractivity contribution in [3.05, 3.63) is 65.7 Å². The summed E-state index contributed by atoms with van der Waals surface area (Å²) in [6.07, 6.45) is 3.42. The first-order chi connectivity index (χ1) is 15.2. The van der Waals surface area contributed by atoms with Gasteiger partial charge in [0.2, 0.25) is 5.91 Å². The lowest BCUT2D eigenvalue weighted by Crippen LogP contribution is -2.45. The van der Waals surface area contributed by atoms with E-state index in [4.69, 9.17) is 0 Å². The van der Waals surface area contributed by atoms with Crippen LogP contribution in [-0.4, -0.2) is 56.0 Å². The van der Waals surface area contributed by atoms with Gasteiger partial charge in [-0.15, -0.1) is 0 Å². The molecule has 31 heavy (non-hydrogen) atoms. The zero-order valence-electron chi connectivity index (χ0n) is 18.4. The van der Waals surface area contributed by atoms with Gasteiger partial charge < -0.3 is 20.4 Å². The zero-order valence-corrected chi connectivity index (χ0v) is 18.4. The monoisotopic (exact) mass is 419 g/mol. The topological polar surface area (TPSA) is 60.0 Å². The van der Waals surface area contributed by atoms with Crippen molar-refractivity contribution in [2.24, 2.45) is 4.99 Å². The van der Waals surface area contributed by atoms with E-state index in [1.165, 1.54) is 16.8 Å². The molecule has 2 aromatic carbocycles. The molecule has 2 N–H and O–H groups in total. The number of carbonyl (C=O) groups is 1. The lowest BCUT2D eigenvalue weighted by molar-refractivity contribution is -0.132. The van der Waals surface area contributed by atoms with Crippen LogP contribution in [0.15, 0.2) is 59.6 Å². The Labute approximate surface area is 185 Å². The molecule has 0 aromatic heterocycles. The van der Waals surface area contributed by atoms with Crippen LogP contribution in [0.25, 0.3) is 0 Å². The zero-order chi connectivity index (χ0) is 21.5. The van der Waals surface area contributed by atoms with Gasteiger partial charge in [0.25, 0.3) is 0 Å². The second-order valence-corrected chi connectivity index (χ2v) is 8.35. The Bertz CT molecular complexity index is 898. The van der Waals surface area contributed by atoms with Crippen LogP contribution in [0.2, 0.25) is 0 Å². The van der Waals surface area contributed by atoms with Gasteiger partial charge in [0, 0.05) is 57.9 Å². The van der Waals surface area contributed by atoms with E-state index in [-0.39, 0.29) is 5.91 Å². The van der Waals surface area contributed by atoms with Crippen LogP contribution in [0.3, 0.4) is 0 Å². The minimum Gasteiger partial charge on any atom is -0.369 e. The summed E-state index contributed by atoms with van der Waals surface area (Å²) in [4.78, 5) is 21.4. The van der Waals surface area contributed by atoms with Crippen LogP contribution in [0.5, 0.6) is 0 Å². The van der Waals surface area contributed by atoms with E-state index >= 15 is 0 Å². The number of nitrogens with zero attached hydrogens (tertiary/aromatic N) is 3. The summed E-state index contributed by atoms with van der Waals surface area (Å²) in [7, 11) is 1.80. The number of amides is 1. The number of guanidine groups is 1. The second kappa shape index (κ2) is 10.3. The van der Waals surface area contributed by atoms with E-state index in [2.05, 4.69) is 75.1 Å². The van der Waals surface area contributed by atoms with Crippen molar-refractivity contribution >= 4 is 17.6 Å². The van der Waals surface area contributed by atoms with Gasteiger partial charge >= 0.3 is 0 Å². The molecular formula is C25H33N5O. The molecule has 0 saturated carbocycles. The smallest absolute Gasteiger partial charge is 0.222 e. The van der Waals surface area contributed by atoms with E-state index < -0.39 is 0 Å². The fourth-order valence-corrected chi connectivity index (χ4v) is 4.45. The van der Waals surface area contributed by atoms with Gasteiger partial charge in [0.15, 0.2) is 5.96 Å². The molecule has 0 bridgehead atoms. The molecule has 1 saturated heterocycles. The Balaban J connectivity index is 1.16. The molecule has 0 radical (unpaired) electrons. The number of rotatable bonds is 6. The molecule has 2 aliphatic rings. The van der Waals surface area contributed by atoms with Crippen LogP contribution < -0.4 is 15.5 Å². The largest absolute Gasteiger partial charge is 0.369 e. The maximum atomic E-state index is 12.6. The van der Waals surface area contributed by atoms with E-state index in [1.54, 1.807) is 7.05 Å². The van der Waals surface area contributed by atoms with Gasteiger partial charge in [0.05, 0.1) is 0 Å². The highest BCUT2D eigenvalue weighted by molar-refractivity contribution is 5.80. The molecule has 2 aliphatic heterocycles. The van der Waals surface area contributed by atoms with Crippen LogP contribution >= 0.6 is 0 Å². The number of aliphatic imine (C=N–C) groups is 1. The van der Waals surface area contributed by atoms with Gasteiger partial charge in [-0.05, 0) is 42.5 Å². The van der Waals surface area contributed by atoms with Crippen molar-refractivity contribution in [2.75, 3.05) is 38.1 Å². The molecule has 2 heterocycles. The van der Waals surface area contributed by atoms with Crippen molar-refractivity contribution in [1.82, 2.24) is 15.5 Å². The lowest BCUT2D eigenvalue weighted by Gasteiger charge is -2.29. The molecule has 4 rings (SSSR count). The maximum absolute atomic E-state index is 12.6. The number of nitrogens with one attached hydrogen (secondary N) is 2. The number of hydrogen-bond acceptors (Lipinski definition) is 3. The third kappa shape index (κ3) is 5.57. The predicted octanol–water partition coefficient (Wildman–Crippen LogP) is 2.80. The molecule has 0 aliphatic carbocycles. The second-order valence-electron chi connectivity index (χ2n) is 8.35. The Morgan fingerprint density at radius 2 is 1.84 bits per heavy atom. The normalized spacial score (nSPS) is 18.6. The Morgan fingerprint density at radius 1 is 1.06 bits per heavy atom. The van der Waals surface area contributed by atoms with Crippen molar-refractivity contribution in [3.63, 3.8) is 0 Å². The Hall–Kier alpha value is -3.02. The Kier molecular flexibility index (Phi) is 7.07. The van der Waals surface area contributed by atoms with E-state index in [0.717, 1.165) is 57.9 Å². The minimum atomic E-state index is 0.244. The third-order valence-electron chi connectivity index (χ3n) is 6.22. The number of hydrogen-bond donors (Lipinski definition) is 2. The molecule has 2 aromatic rings. The Morgan fingerprint density at radius 3 is 2.65 bits per heavy atom. The summed E-state index contributed by atoms with van der Waals surface area (Å²) in [5.41, 5.74) is 3.93. The molecule has 164 valence electrons. The minimum absolute atomic E-state index is 0.244. The van der Waals surface area contributed by atoms with Crippen molar-refractivity contribution < 1.29 is 4.79 Å². The first-order valence-corrected chi connectivity index (χ1v) is 11.3. The first-order valence-electron chi connectivity index (χ1n) is 11.3. The number of anilines is 1. The quantitative estimate of drug-likeness (QED) is 0.429. The SMILES string of the molecule is CN=C(NCCCC(=O)N1CCc2ccccc2C1)NC1CCN(c2ccccc2)C1. The van der Waals surface area contributed by atoms with Gasteiger partial charge in [-0.3, -0.25) is 9.79 Å². The number of benzene rings is 2. The third-order valence-corrected chi connectivity index (χ3v) is 6.22. The molecule has 0 spiro atoms. The summed E-state index contributed by atoms with van der Waals surface area (Å²) in [6, 6.07) is 19.3. The lowest BCUT2D eigenvalue weighted by atomic mass is 9.99. The van der Waals surface area contributed by atoms with Crippen LogP contribution in [0, 0.1) is 0 Å². The highest BCUT2D eigenvalue weighted by Gasteiger charge is 2.23. The van der Waals surface area contributed by atoms with E-state index in [9.17, 15) is 4.79 Å². The summed E-state index contributed by atoms with van der Waals surface area (Å²) >= 11 is 0. The highest BCUT2D eigenvalue weighted by Crippen LogP contribution is 2.20. The average molecular weight is 420 g/mol. The molecule has 1 atom stereocenters. The highest BCUT2D eigenvalue weighted by atomic mass is 16.2. The molecule has 6 heteroatoms. The van der Waals surface area contributed by atoms with E-state index in [0.29, 0.717) is 12.5 Å². The predicted molar refractivity (Wildman–Crippen MR) is 126 cm³/mol. The molecule has 1 amide bonds. The average Bonchev–Trinajstić information content (AvgIpc) is 3.29. The van der Waals surface area contributed by atoms with Crippen molar-refractivity contribution in [1.29, 1.82) is 0 Å². The van der Waals surface area contributed by atoms with Gasteiger partial charge in [-0.25, -0.2) is 0 Å². The van der Waals surface area contributed by atoms with Crippen LogP contribution in [0.4, 0.5) is 5.69 Å². The fourth-order valence-electron chi connectivity index (χ4n) is 4.45. The van der Waals surface area contributed by atoms with Crippen LogP contribution in [0.1, 0.15) is 30.4 Å². The number of carbonyl (C=O) groups excluding carboxylic acids is 1. The molecular weight excluding hydrogens is 386 g/mol. The van der Waals surface area contributed by atoms with Gasteiger partial charge in [0.1, 0.15) is 0 Å². The molecule has 6 nitrogen and oxygen atoms in total. The molecule has 1 unspecified atom stereocenters. The summed E-state index contributed by atoms with van der Waals surface area (Å²) in [5, 5.41) is 6.90.